The fraction of sp³-hybridized carbons (Fsp3) is 0.412. The monoisotopic (exact) mass is 269 g/mol. The Hall–Kier alpha value is -1.74. The third-order valence-electron chi connectivity index (χ3n) is 3.42. The number of pyridine rings is 2. The summed E-state index contributed by atoms with van der Waals surface area (Å²) in [6.45, 7) is 3.28. The second kappa shape index (κ2) is 8.43. The average molecular weight is 269 g/mol. The van der Waals surface area contributed by atoms with Gasteiger partial charge in [-0.2, -0.15) is 0 Å². The molecule has 3 nitrogen and oxygen atoms in total. The molecule has 2 aromatic heterocycles. The van der Waals surface area contributed by atoms with Crippen LogP contribution in [0.3, 0.4) is 0 Å². The fourth-order valence-electron chi connectivity index (χ4n) is 2.32. The first-order valence-electron chi connectivity index (χ1n) is 7.39. The number of aryl methyl sites for hydroxylation is 1. The molecule has 0 fully saturated rings. The van der Waals surface area contributed by atoms with Crippen LogP contribution in [0.25, 0.3) is 0 Å². The second-order valence-corrected chi connectivity index (χ2v) is 5.11. The zero-order valence-corrected chi connectivity index (χ0v) is 12.1. The molecular weight excluding hydrogens is 246 g/mol. The van der Waals surface area contributed by atoms with Crippen LogP contribution in [0.5, 0.6) is 0 Å². The zero-order chi connectivity index (χ0) is 14.0. The van der Waals surface area contributed by atoms with E-state index in [1.54, 1.807) is 0 Å². The van der Waals surface area contributed by atoms with Crippen molar-refractivity contribution < 1.29 is 0 Å². The summed E-state index contributed by atoms with van der Waals surface area (Å²) in [6, 6.07) is 8.87. The van der Waals surface area contributed by atoms with Crippen LogP contribution in [-0.4, -0.2) is 22.6 Å². The molecule has 0 aliphatic heterocycles. The lowest BCUT2D eigenvalue weighted by atomic mass is 10.00. The van der Waals surface area contributed by atoms with Gasteiger partial charge in [0.05, 0.1) is 0 Å². The standard InChI is InChI=1S/C17H23N3/c1-2-9-20-17(13-15-7-11-18-12-8-15)6-5-16-4-3-10-19-14-16/h3-4,7-8,10-12,14,17,20H,2,5-6,9,13H2,1H3. The lowest BCUT2D eigenvalue weighted by Crippen LogP contribution is -2.32. The lowest BCUT2D eigenvalue weighted by molar-refractivity contribution is 0.477. The molecular formula is C17H23N3. The summed E-state index contributed by atoms with van der Waals surface area (Å²) >= 11 is 0. The van der Waals surface area contributed by atoms with E-state index in [1.165, 1.54) is 17.5 Å². The molecule has 0 aliphatic rings. The van der Waals surface area contributed by atoms with Gasteiger partial charge in [-0.15, -0.1) is 0 Å². The summed E-state index contributed by atoms with van der Waals surface area (Å²) in [5, 5.41) is 3.65. The first kappa shape index (κ1) is 14.7. The van der Waals surface area contributed by atoms with Crippen molar-refractivity contribution in [2.75, 3.05) is 6.54 Å². The van der Waals surface area contributed by atoms with Gasteiger partial charge in [0.2, 0.25) is 0 Å². The number of hydrogen-bond acceptors (Lipinski definition) is 3. The maximum atomic E-state index is 4.18. The Balaban J connectivity index is 1.89. The number of rotatable bonds is 8. The first-order chi connectivity index (χ1) is 9.88. The molecule has 0 aromatic carbocycles. The highest BCUT2D eigenvalue weighted by Gasteiger charge is 2.09. The molecule has 2 rings (SSSR count). The molecule has 106 valence electrons. The Morgan fingerprint density at radius 1 is 1.05 bits per heavy atom. The van der Waals surface area contributed by atoms with Crippen molar-refractivity contribution in [1.29, 1.82) is 0 Å². The quantitative estimate of drug-likeness (QED) is 0.800. The molecule has 1 N–H and O–H groups in total. The molecule has 2 heterocycles. The van der Waals surface area contributed by atoms with Crippen molar-refractivity contribution >= 4 is 0 Å². The maximum Gasteiger partial charge on any atom is 0.0299 e. The molecule has 20 heavy (non-hydrogen) atoms. The molecule has 0 aliphatic carbocycles. The van der Waals surface area contributed by atoms with Gasteiger partial charge in [0.1, 0.15) is 0 Å². The molecule has 1 atom stereocenters. The summed E-state index contributed by atoms with van der Waals surface area (Å²) in [5.74, 6) is 0. The van der Waals surface area contributed by atoms with Crippen molar-refractivity contribution in [2.45, 2.75) is 38.6 Å². The topological polar surface area (TPSA) is 37.8 Å². The van der Waals surface area contributed by atoms with Gasteiger partial charge in [-0.05, 0) is 61.6 Å². The highest BCUT2D eigenvalue weighted by Crippen LogP contribution is 2.09. The average Bonchev–Trinajstić information content (AvgIpc) is 2.52. The Bertz CT molecular complexity index is 470. The molecule has 0 spiro atoms. The smallest absolute Gasteiger partial charge is 0.0299 e. The van der Waals surface area contributed by atoms with Gasteiger partial charge in [-0.25, -0.2) is 0 Å². The summed E-state index contributed by atoms with van der Waals surface area (Å²) in [6.07, 6.45) is 12.0. The number of aromatic nitrogens is 2. The minimum Gasteiger partial charge on any atom is -0.314 e. The van der Waals surface area contributed by atoms with E-state index in [0.717, 1.165) is 25.8 Å². The van der Waals surface area contributed by atoms with Crippen LogP contribution in [0.15, 0.2) is 49.1 Å². The molecule has 0 amide bonds. The van der Waals surface area contributed by atoms with Crippen LogP contribution in [0.1, 0.15) is 30.9 Å². The summed E-state index contributed by atoms with van der Waals surface area (Å²) in [7, 11) is 0. The normalized spacial score (nSPS) is 12.2. The Labute approximate surface area is 121 Å². The third kappa shape index (κ3) is 5.10. The third-order valence-corrected chi connectivity index (χ3v) is 3.42. The van der Waals surface area contributed by atoms with Crippen molar-refractivity contribution in [3.63, 3.8) is 0 Å². The van der Waals surface area contributed by atoms with Crippen molar-refractivity contribution in [3.05, 3.63) is 60.2 Å². The Morgan fingerprint density at radius 2 is 1.90 bits per heavy atom. The zero-order valence-electron chi connectivity index (χ0n) is 12.1. The minimum atomic E-state index is 0.512. The molecule has 2 aromatic rings. The summed E-state index contributed by atoms with van der Waals surface area (Å²) in [4.78, 5) is 8.26. The van der Waals surface area contributed by atoms with Crippen molar-refractivity contribution in [1.82, 2.24) is 15.3 Å². The molecule has 3 heteroatoms. The van der Waals surface area contributed by atoms with E-state index in [9.17, 15) is 0 Å². The van der Waals surface area contributed by atoms with Gasteiger partial charge in [-0.3, -0.25) is 9.97 Å². The van der Waals surface area contributed by atoms with Gasteiger partial charge >= 0.3 is 0 Å². The fourth-order valence-corrected chi connectivity index (χ4v) is 2.32. The van der Waals surface area contributed by atoms with E-state index >= 15 is 0 Å². The van der Waals surface area contributed by atoms with Crippen molar-refractivity contribution in [2.24, 2.45) is 0 Å². The first-order valence-corrected chi connectivity index (χ1v) is 7.39. The van der Waals surface area contributed by atoms with Gasteiger partial charge in [0, 0.05) is 30.8 Å². The summed E-state index contributed by atoms with van der Waals surface area (Å²) in [5.41, 5.74) is 2.66. The van der Waals surface area contributed by atoms with Crippen LogP contribution in [0.4, 0.5) is 0 Å². The molecule has 0 saturated carbocycles. The SMILES string of the molecule is CCCNC(CCc1cccnc1)Cc1ccncc1. The van der Waals surface area contributed by atoms with E-state index in [1.807, 2.05) is 30.9 Å². The highest BCUT2D eigenvalue weighted by molar-refractivity contribution is 5.12. The Morgan fingerprint density at radius 3 is 2.60 bits per heavy atom. The number of nitrogens with zero attached hydrogens (tertiary/aromatic N) is 2. The van der Waals surface area contributed by atoms with E-state index in [0.29, 0.717) is 6.04 Å². The number of hydrogen-bond donors (Lipinski definition) is 1. The maximum absolute atomic E-state index is 4.18. The largest absolute Gasteiger partial charge is 0.314 e. The van der Waals surface area contributed by atoms with E-state index in [-0.39, 0.29) is 0 Å². The summed E-state index contributed by atoms with van der Waals surface area (Å²) < 4.78 is 0. The predicted molar refractivity (Wildman–Crippen MR) is 82.6 cm³/mol. The van der Waals surface area contributed by atoms with Crippen molar-refractivity contribution in [3.8, 4) is 0 Å². The molecule has 0 saturated heterocycles. The van der Waals surface area contributed by atoms with Gasteiger partial charge < -0.3 is 5.32 Å². The Kier molecular flexibility index (Phi) is 6.18. The van der Waals surface area contributed by atoms with E-state index < -0.39 is 0 Å². The van der Waals surface area contributed by atoms with Crippen LogP contribution in [0.2, 0.25) is 0 Å². The molecule has 1 unspecified atom stereocenters. The van der Waals surface area contributed by atoms with E-state index in [4.69, 9.17) is 0 Å². The lowest BCUT2D eigenvalue weighted by Gasteiger charge is -2.18. The number of nitrogens with one attached hydrogen (secondary N) is 1. The van der Waals surface area contributed by atoms with Crippen LogP contribution in [-0.2, 0) is 12.8 Å². The van der Waals surface area contributed by atoms with Crippen LogP contribution < -0.4 is 5.32 Å². The molecule has 0 bridgehead atoms. The van der Waals surface area contributed by atoms with Crippen LogP contribution in [0, 0.1) is 0 Å². The second-order valence-electron chi connectivity index (χ2n) is 5.11. The highest BCUT2D eigenvalue weighted by atomic mass is 14.9. The van der Waals surface area contributed by atoms with Crippen LogP contribution >= 0.6 is 0 Å². The van der Waals surface area contributed by atoms with Gasteiger partial charge in [-0.1, -0.05) is 13.0 Å². The molecule has 0 radical (unpaired) electrons. The van der Waals surface area contributed by atoms with Gasteiger partial charge in [0.15, 0.2) is 0 Å². The minimum absolute atomic E-state index is 0.512. The predicted octanol–water partition coefficient (Wildman–Crippen LogP) is 3.02. The van der Waals surface area contributed by atoms with E-state index in [2.05, 4.69) is 40.4 Å². The van der Waals surface area contributed by atoms with Gasteiger partial charge in [0.25, 0.3) is 0 Å².